The molecule has 0 atom stereocenters. The second kappa shape index (κ2) is 6.19. The summed E-state index contributed by atoms with van der Waals surface area (Å²) in [5.74, 6) is -0.226. The Morgan fingerprint density at radius 2 is 1.73 bits per heavy atom. The molecule has 5 nitrogen and oxygen atoms in total. The number of aryl methyl sites for hydroxylation is 2. The van der Waals surface area contributed by atoms with Gasteiger partial charge in [0.1, 0.15) is 4.90 Å². The maximum absolute atomic E-state index is 12.4. The summed E-state index contributed by atoms with van der Waals surface area (Å²) < 4.78 is 29.9. The van der Waals surface area contributed by atoms with E-state index in [0.29, 0.717) is 5.69 Å². The minimum atomic E-state index is -3.96. The van der Waals surface area contributed by atoms with Crippen molar-refractivity contribution in [2.24, 2.45) is 0 Å². The molecule has 0 heterocycles. The first-order valence-electron chi connectivity index (χ1n) is 6.68. The van der Waals surface area contributed by atoms with Gasteiger partial charge in [-0.05, 0) is 49.2 Å². The Morgan fingerprint density at radius 1 is 1.05 bits per heavy atom. The standard InChI is InChI=1S/C16H17NO4S/c1-11-8-9-14(10-12(11)2)22(19,20)21-16-7-5-4-6-15(16)17-13(3)18/h4-10H,1-3H3,(H,17,18). The first kappa shape index (κ1) is 16.0. The van der Waals surface area contributed by atoms with Crippen LogP contribution < -0.4 is 9.50 Å². The van der Waals surface area contributed by atoms with Crippen molar-refractivity contribution < 1.29 is 17.4 Å². The van der Waals surface area contributed by atoms with Crippen LogP contribution in [0, 0.1) is 13.8 Å². The molecule has 0 aromatic heterocycles. The van der Waals surface area contributed by atoms with Crippen molar-refractivity contribution in [1.29, 1.82) is 0 Å². The zero-order valence-corrected chi connectivity index (χ0v) is 13.4. The van der Waals surface area contributed by atoms with Crippen molar-refractivity contribution in [1.82, 2.24) is 0 Å². The molecule has 22 heavy (non-hydrogen) atoms. The zero-order chi connectivity index (χ0) is 16.3. The number of hydrogen-bond donors (Lipinski definition) is 1. The van der Waals surface area contributed by atoms with Gasteiger partial charge in [0.2, 0.25) is 5.91 Å². The summed E-state index contributed by atoms with van der Waals surface area (Å²) in [5.41, 5.74) is 2.17. The molecule has 0 fully saturated rings. The second-order valence-electron chi connectivity index (χ2n) is 4.96. The number of hydrogen-bond acceptors (Lipinski definition) is 4. The number of amides is 1. The average Bonchev–Trinajstić information content (AvgIpc) is 2.43. The third-order valence-electron chi connectivity index (χ3n) is 3.16. The van der Waals surface area contributed by atoms with Crippen LogP contribution in [0.2, 0.25) is 0 Å². The molecule has 6 heteroatoms. The second-order valence-corrected chi connectivity index (χ2v) is 6.51. The van der Waals surface area contributed by atoms with E-state index in [4.69, 9.17) is 4.18 Å². The normalized spacial score (nSPS) is 11.0. The minimum absolute atomic E-state index is 0.0771. The Balaban J connectivity index is 2.36. The summed E-state index contributed by atoms with van der Waals surface area (Å²) in [6, 6.07) is 11.2. The van der Waals surface area contributed by atoms with Gasteiger partial charge in [-0.2, -0.15) is 8.42 Å². The highest BCUT2D eigenvalue weighted by Gasteiger charge is 2.19. The lowest BCUT2D eigenvalue weighted by molar-refractivity contribution is -0.114. The molecule has 0 spiro atoms. The first-order valence-corrected chi connectivity index (χ1v) is 8.09. The van der Waals surface area contributed by atoms with Gasteiger partial charge in [-0.25, -0.2) is 0 Å². The lowest BCUT2D eigenvalue weighted by Crippen LogP contribution is -2.13. The quantitative estimate of drug-likeness (QED) is 0.879. The number of anilines is 1. The van der Waals surface area contributed by atoms with E-state index >= 15 is 0 Å². The highest BCUT2D eigenvalue weighted by molar-refractivity contribution is 7.87. The predicted octanol–water partition coefficient (Wildman–Crippen LogP) is 3.03. The SMILES string of the molecule is CC(=O)Nc1ccccc1OS(=O)(=O)c1ccc(C)c(C)c1. The molecule has 2 aromatic carbocycles. The zero-order valence-electron chi connectivity index (χ0n) is 12.6. The van der Waals surface area contributed by atoms with E-state index in [9.17, 15) is 13.2 Å². The van der Waals surface area contributed by atoms with Crippen molar-refractivity contribution >= 4 is 21.7 Å². The minimum Gasteiger partial charge on any atom is -0.377 e. The van der Waals surface area contributed by atoms with Crippen LogP contribution >= 0.6 is 0 Å². The van der Waals surface area contributed by atoms with Gasteiger partial charge < -0.3 is 9.50 Å². The lowest BCUT2D eigenvalue weighted by atomic mass is 10.1. The van der Waals surface area contributed by atoms with Crippen LogP contribution in [0.15, 0.2) is 47.4 Å². The van der Waals surface area contributed by atoms with Crippen molar-refractivity contribution in [2.75, 3.05) is 5.32 Å². The maximum atomic E-state index is 12.4. The van der Waals surface area contributed by atoms with Gasteiger partial charge in [0.05, 0.1) is 5.69 Å². The van der Waals surface area contributed by atoms with Crippen molar-refractivity contribution in [2.45, 2.75) is 25.7 Å². The molecular weight excluding hydrogens is 302 g/mol. The molecule has 1 amide bonds. The monoisotopic (exact) mass is 319 g/mol. The molecule has 0 bridgehead atoms. The fourth-order valence-corrected chi connectivity index (χ4v) is 2.90. The van der Waals surface area contributed by atoms with Gasteiger partial charge in [-0.3, -0.25) is 4.79 Å². The maximum Gasteiger partial charge on any atom is 0.339 e. The Hall–Kier alpha value is -2.34. The van der Waals surface area contributed by atoms with Crippen LogP contribution in [0.1, 0.15) is 18.1 Å². The van der Waals surface area contributed by atoms with Crippen LogP contribution in [0.5, 0.6) is 5.75 Å². The van der Waals surface area contributed by atoms with E-state index in [1.807, 2.05) is 13.8 Å². The number of carbonyl (C=O) groups excluding carboxylic acids is 1. The molecule has 0 aliphatic heterocycles. The Labute approximate surface area is 130 Å². The van der Waals surface area contributed by atoms with E-state index in [2.05, 4.69) is 5.32 Å². The molecule has 116 valence electrons. The molecule has 0 unspecified atom stereocenters. The van der Waals surface area contributed by atoms with Gasteiger partial charge in [0.15, 0.2) is 5.75 Å². The van der Waals surface area contributed by atoms with Crippen LogP contribution in [0.25, 0.3) is 0 Å². The van der Waals surface area contributed by atoms with Gasteiger partial charge in [-0.1, -0.05) is 18.2 Å². The number of carbonyl (C=O) groups is 1. The first-order chi connectivity index (χ1) is 10.3. The molecule has 0 saturated carbocycles. The summed E-state index contributed by atoms with van der Waals surface area (Å²) in [5, 5.41) is 2.54. The third-order valence-corrected chi connectivity index (χ3v) is 4.39. The fourth-order valence-electron chi connectivity index (χ4n) is 1.87. The van der Waals surface area contributed by atoms with Gasteiger partial charge >= 0.3 is 10.1 Å². The molecule has 1 N–H and O–H groups in total. The summed E-state index contributed by atoms with van der Waals surface area (Å²) in [6.07, 6.45) is 0. The van der Waals surface area contributed by atoms with Crippen LogP contribution in [0.3, 0.4) is 0 Å². The van der Waals surface area contributed by atoms with E-state index in [-0.39, 0.29) is 16.6 Å². The Kier molecular flexibility index (Phi) is 4.51. The number of rotatable bonds is 4. The van der Waals surface area contributed by atoms with Crippen LogP contribution in [-0.2, 0) is 14.9 Å². The molecule has 0 aliphatic rings. The van der Waals surface area contributed by atoms with E-state index in [1.54, 1.807) is 30.3 Å². The van der Waals surface area contributed by atoms with Crippen LogP contribution in [0.4, 0.5) is 5.69 Å². The summed E-state index contributed by atoms with van der Waals surface area (Å²) in [6.45, 7) is 5.08. The Morgan fingerprint density at radius 3 is 2.36 bits per heavy atom. The smallest absolute Gasteiger partial charge is 0.339 e. The van der Waals surface area contributed by atoms with Crippen molar-refractivity contribution in [3.05, 3.63) is 53.6 Å². The summed E-state index contributed by atoms with van der Waals surface area (Å²) in [4.78, 5) is 11.2. The predicted molar refractivity (Wildman–Crippen MR) is 84.5 cm³/mol. The highest BCUT2D eigenvalue weighted by atomic mass is 32.2. The van der Waals surface area contributed by atoms with Crippen LogP contribution in [-0.4, -0.2) is 14.3 Å². The molecular formula is C16H17NO4S. The number of para-hydroxylation sites is 2. The van der Waals surface area contributed by atoms with Gasteiger partial charge in [0, 0.05) is 6.92 Å². The molecule has 0 saturated heterocycles. The van der Waals surface area contributed by atoms with E-state index in [0.717, 1.165) is 11.1 Å². The van der Waals surface area contributed by atoms with E-state index in [1.165, 1.54) is 19.1 Å². The lowest BCUT2D eigenvalue weighted by Gasteiger charge is -2.12. The van der Waals surface area contributed by atoms with Crippen molar-refractivity contribution in [3.63, 3.8) is 0 Å². The summed E-state index contributed by atoms with van der Waals surface area (Å²) >= 11 is 0. The molecule has 0 aliphatic carbocycles. The molecule has 0 radical (unpaired) electrons. The number of nitrogens with one attached hydrogen (secondary N) is 1. The van der Waals surface area contributed by atoms with E-state index < -0.39 is 10.1 Å². The Bertz CT molecular complexity index is 813. The van der Waals surface area contributed by atoms with Gasteiger partial charge in [0.25, 0.3) is 0 Å². The molecule has 2 rings (SSSR count). The largest absolute Gasteiger partial charge is 0.377 e. The topological polar surface area (TPSA) is 72.5 Å². The van der Waals surface area contributed by atoms with Crippen molar-refractivity contribution in [3.8, 4) is 5.75 Å². The van der Waals surface area contributed by atoms with Gasteiger partial charge in [-0.15, -0.1) is 0 Å². The third kappa shape index (κ3) is 3.65. The summed E-state index contributed by atoms with van der Waals surface area (Å²) in [7, 11) is -3.96. The fraction of sp³-hybridized carbons (Fsp3) is 0.188. The average molecular weight is 319 g/mol. The number of benzene rings is 2. The molecule has 2 aromatic rings. The highest BCUT2D eigenvalue weighted by Crippen LogP contribution is 2.27.